The van der Waals surface area contributed by atoms with Gasteiger partial charge in [-0.05, 0) is 6.07 Å². The topological polar surface area (TPSA) is 90.5 Å². The normalized spacial score (nSPS) is 9.81. The summed E-state index contributed by atoms with van der Waals surface area (Å²) in [5.41, 5.74) is -0.210. The number of carboxylic acids is 1. The van der Waals surface area contributed by atoms with Crippen LogP contribution in [-0.2, 0) is 4.79 Å². The highest BCUT2D eigenvalue weighted by Gasteiger charge is 2.12. The molecule has 1 aromatic heterocycles. The lowest BCUT2D eigenvalue weighted by molar-refractivity contribution is -0.137. The minimum absolute atomic E-state index is 0.102. The summed E-state index contributed by atoms with van der Waals surface area (Å²) < 4.78 is 0. The average Bonchev–Trinajstić information content (AvgIpc) is 2.24. The molecule has 1 heterocycles. The van der Waals surface area contributed by atoms with Crippen molar-refractivity contribution < 1.29 is 14.7 Å². The van der Waals surface area contributed by atoms with Crippen molar-refractivity contribution in [2.24, 2.45) is 0 Å². The monoisotopic (exact) mass is 224 g/mol. The van der Waals surface area contributed by atoms with E-state index in [1.165, 1.54) is 30.1 Å². The molecule has 0 saturated heterocycles. The van der Waals surface area contributed by atoms with Gasteiger partial charge >= 0.3 is 5.97 Å². The maximum absolute atomic E-state index is 11.7. The Morgan fingerprint density at radius 1 is 1.44 bits per heavy atom. The minimum Gasteiger partial charge on any atom is -0.481 e. The first-order valence-electron chi connectivity index (χ1n) is 4.67. The molecular weight excluding hydrogens is 212 g/mol. The molecule has 0 aliphatic rings. The van der Waals surface area contributed by atoms with Gasteiger partial charge in [-0.3, -0.25) is 14.4 Å². The third-order valence-corrected chi connectivity index (χ3v) is 2.01. The van der Waals surface area contributed by atoms with E-state index >= 15 is 0 Å². The molecule has 6 heteroatoms. The average molecular weight is 224 g/mol. The summed E-state index contributed by atoms with van der Waals surface area (Å²) in [5, 5.41) is 8.46. The molecule has 0 aliphatic heterocycles. The Balaban J connectivity index is 2.70. The van der Waals surface area contributed by atoms with Gasteiger partial charge < -0.3 is 15.0 Å². The Bertz CT molecular complexity index is 452. The molecule has 6 nitrogen and oxygen atoms in total. The Labute approximate surface area is 91.5 Å². The molecule has 1 amide bonds. The first-order chi connectivity index (χ1) is 7.50. The summed E-state index contributed by atoms with van der Waals surface area (Å²) in [6, 6.07) is 4.24. The second kappa shape index (κ2) is 5.11. The number of H-pyrrole nitrogens is 1. The van der Waals surface area contributed by atoms with Crippen LogP contribution in [0.3, 0.4) is 0 Å². The molecule has 1 rings (SSSR count). The lowest BCUT2D eigenvalue weighted by Crippen LogP contribution is -2.30. The number of hydrogen-bond donors (Lipinski definition) is 2. The third-order valence-electron chi connectivity index (χ3n) is 2.01. The number of nitrogens with one attached hydrogen (secondary N) is 1. The molecule has 16 heavy (non-hydrogen) atoms. The van der Waals surface area contributed by atoms with Crippen LogP contribution in [0.25, 0.3) is 0 Å². The molecule has 0 unspecified atom stereocenters. The van der Waals surface area contributed by atoms with E-state index in [0.717, 1.165) is 0 Å². The maximum atomic E-state index is 11.7. The van der Waals surface area contributed by atoms with Crippen molar-refractivity contribution in [3.63, 3.8) is 0 Å². The van der Waals surface area contributed by atoms with Gasteiger partial charge in [-0.1, -0.05) is 6.07 Å². The lowest BCUT2D eigenvalue weighted by Gasteiger charge is -2.15. The van der Waals surface area contributed by atoms with Crippen LogP contribution >= 0.6 is 0 Å². The standard InChI is InChI=1S/C10H12N2O4/c1-12(6-5-9(14)15)10(16)7-3-2-4-8(13)11-7/h2-4H,5-6H2,1H3,(H,11,13)(H,14,15). The van der Waals surface area contributed by atoms with E-state index in [2.05, 4.69) is 4.98 Å². The van der Waals surface area contributed by atoms with E-state index in [4.69, 9.17) is 5.11 Å². The summed E-state index contributed by atoms with van der Waals surface area (Å²) in [4.78, 5) is 36.6. The Hall–Kier alpha value is -2.11. The van der Waals surface area contributed by atoms with E-state index in [9.17, 15) is 14.4 Å². The van der Waals surface area contributed by atoms with Crippen LogP contribution in [0.15, 0.2) is 23.0 Å². The van der Waals surface area contributed by atoms with Gasteiger partial charge in [0.2, 0.25) is 5.56 Å². The number of carboxylic acid groups (broad SMARTS) is 1. The molecule has 0 saturated carbocycles. The van der Waals surface area contributed by atoms with Crippen molar-refractivity contribution in [3.05, 3.63) is 34.2 Å². The molecule has 0 bridgehead atoms. The third kappa shape index (κ3) is 3.23. The van der Waals surface area contributed by atoms with Crippen molar-refractivity contribution in [2.45, 2.75) is 6.42 Å². The Kier molecular flexibility index (Phi) is 3.82. The number of carbonyl (C=O) groups is 2. The van der Waals surface area contributed by atoms with E-state index in [0.29, 0.717) is 0 Å². The van der Waals surface area contributed by atoms with Gasteiger partial charge in [0.1, 0.15) is 5.69 Å². The highest BCUT2D eigenvalue weighted by molar-refractivity contribution is 5.92. The van der Waals surface area contributed by atoms with Crippen LogP contribution in [0.1, 0.15) is 16.9 Å². The van der Waals surface area contributed by atoms with Gasteiger partial charge in [0.25, 0.3) is 5.91 Å². The maximum Gasteiger partial charge on any atom is 0.305 e. The smallest absolute Gasteiger partial charge is 0.305 e. The molecule has 86 valence electrons. The highest BCUT2D eigenvalue weighted by atomic mass is 16.4. The Morgan fingerprint density at radius 3 is 2.69 bits per heavy atom. The molecular formula is C10H12N2O4. The van der Waals surface area contributed by atoms with E-state index in [1.54, 1.807) is 0 Å². The van der Waals surface area contributed by atoms with Gasteiger partial charge in [-0.25, -0.2) is 0 Å². The van der Waals surface area contributed by atoms with Gasteiger partial charge in [0, 0.05) is 19.7 Å². The zero-order valence-corrected chi connectivity index (χ0v) is 8.77. The zero-order valence-electron chi connectivity index (χ0n) is 8.77. The van der Waals surface area contributed by atoms with E-state index in [1.807, 2.05) is 0 Å². The summed E-state index contributed by atoms with van der Waals surface area (Å²) >= 11 is 0. The first-order valence-corrected chi connectivity index (χ1v) is 4.67. The summed E-state index contributed by atoms with van der Waals surface area (Å²) in [7, 11) is 1.48. The molecule has 0 aliphatic carbocycles. The van der Waals surface area contributed by atoms with Crippen molar-refractivity contribution >= 4 is 11.9 Å². The van der Waals surface area contributed by atoms with Crippen molar-refractivity contribution in [1.82, 2.24) is 9.88 Å². The lowest BCUT2D eigenvalue weighted by atomic mass is 10.3. The summed E-state index contributed by atoms with van der Waals surface area (Å²) in [6.07, 6.45) is -0.126. The highest BCUT2D eigenvalue weighted by Crippen LogP contribution is 1.98. The van der Waals surface area contributed by atoms with Crippen LogP contribution in [0.2, 0.25) is 0 Å². The van der Waals surface area contributed by atoms with E-state index < -0.39 is 11.9 Å². The fourth-order valence-electron chi connectivity index (χ4n) is 1.14. The Morgan fingerprint density at radius 2 is 2.12 bits per heavy atom. The van der Waals surface area contributed by atoms with Crippen LogP contribution in [0, 0.1) is 0 Å². The predicted octanol–water partition coefficient (Wildman–Crippen LogP) is -0.0784. The number of hydrogen-bond acceptors (Lipinski definition) is 3. The number of pyridine rings is 1. The van der Waals surface area contributed by atoms with Gasteiger partial charge in [-0.2, -0.15) is 0 Å². The number of aliphatic carboxylic acids is 1. The van der Waals surface area contributed by atoms with Crippen LogP contribution in [-0.4, -0.2) is 40.5 Å². The second-order valence-electron chi connectivity index (χ2n) is 3.30. The molecule has 0 radical (unpaired) electrons. The van der Waals surface area contributed by atoms with Crippen LogP contribution < -0.4 is 5.56 Å². The molecule has 0 atom stereocenters. The molecule has 0 fully saturated rings. The quantitative estimate of drug-likeness (QED) is 0.748. The summed E-state index contributed by atoms with van der Waals surface area (Å²) in [6.45, 7) is 0.102. The first kappa shape index (κ1) is 12.0. The van der Waals surface area contributed by atoms with Gasteiger partial charge in [-0.15, -0.1) is 0 Å². The number of amides is 1. The van der Waals surface area contributed by atoms with Crippen molar-refractivity contribution in [2.75, 3.05) is 13.6 Å². The SMILES string of the molecule is CN(CCC(=O)O)C(=O)c1cccc(=O)[nH]1. The number of carbonyl (C=O) groups excluding carboxylic acids is 1. The fourth-order valence-corrected chi connectivity index (χ4v) is 1.14. The number of rotatable bonds is 4. The molecule has 1 aromatic rings. The van der Waals surface area contributed by atoms with Gasteiger partial charge in [0.05, 0.1) is 6.42 Å². The number of aromatic amines is 1. The predicted molar refractivity (Wildman–Crippen MR) is 56.3 cm³/mol. The minimum atomic E-state index is -0.971. The van der Waals surface area contributed by atoms with Gasteiger partial charge in [0.15, 0.2) is 0 Å². The molecule has 0 spiro atoms. The molecule has 0 aromatic carbocycles. The second-order valence-corrected chi connectivity index (χ2v) is 3.30. The summed E-state index contributed by atoms with van der Waals surface area (Å²) in [5.74, 6) is -1.37. The molecule has 2 N–H and O–H groups in total. The van der Waals surface area contributed by atoms with E-state index in [-0.39, 0.29) is 24.2 Å². The fraction of sp³-hybridized carbons (Fsp3) is 0.300. The number of aromatic nitrogens is 1. The van der Waals surface area contributed by atoms with Crippen LogP contribution in [0.4, 0.5) is 0 Å². The number of nitrogens with zero attached hydrogens (tertiary/aromatic N) is 1. The van der Waals surface area contributed by atoms with Crippen molar-refractivity contribution in [3.8, 4) is 0 Å². The van der Waals surface area contributed by atoms with Crippen LogP contribution in [0.5, 0.6) is 0 Å². The van der Waals surface area contributed by atoms with Crippen molar-refractivity contribution in [1.29, 1.82) is 0 Å². The zero-order chi connectivity index (χ0) is 12.1. The largest absolute Gasteiger partial charge is 0.481 e.